The van der Waals surface area contributed by atoms with Crippen molar-refractivity contribution in [2.24, 2.45) is 5.92 Å². The fourth-order valence-electron chi connectivity index (χ4n) is 2.51. The van der Waals surface area contributed by atoms with Gasteiger partial charge in [0, 0.05) is 34.2 Å². The minimum Gasteiger partial charge on any atom is -0.481 e. The second-order valence-corrected chi connectivity index (χ2v) is 6.98. The van der Waals surface area contributed by atoms with E-state index in [0.29, 0.717) is 18.4 Å². The van der Waals surface area contributed by atoms with E-state index in [1.807, 2.05) is 19.9 Å². The largest absolute Gasteiger partial charge is 0.481 e. The molecule has 0 spiro atoms. The number of carboxylic acids is 1. The zero-order chi connectivity index (χ0) is 15.6. The van der Waals surface area contributed by atoms with Crippen molar-refractivity contribution in [2.45, 2.75) is 45.6 Å². The molecule has 0 radical (unpaired) electrons. The van der Waals surface area contributed by atoms with Crippen LogP contribution in [0.5, 0.6) is 0 Å². The first-order valence-electron chi connectivity index (χ1n) is 6.99. The van der Waals surface area contributed by atoms with Gasteiger partial charge < -0.3 is 10.4 Å². The number of Topliss-reactive ketones (excluding diaryl/α,β-unsaturated/α-hetero) is 1. The Morgan fingerprint density at radius 2 is 1.95 bits per heavy atom. The number of carbonyl (C=O) groups excluding carboxylic acids is 2. The van der Waals surface area contributed by atoms with Gasteiger partial charge >= 0.3 is 5.97 Å². The summed E-state index contributed by atoms with van der Waals surface area (Å²) in [6, 6.07) is 1.81. The average molecular weight is 309 g/mol. The molecule has 2 N–H and O–H groups in total. The van der Waals surface area contributed by atoms with Gasteiger partial charge in [0.15, 0.2) is 5.78 Å². The monoisotopic (exact) mass is 309 g/mol. The van der Waals surface area contributed by atoms with Crippen molar-refractivity contribution in [2.75, 3.05) is 0 Å². The topological polar surface area (TPSA) is 83.5 Å². The fraction of sp³-hybridized carbons (Fsp3) is 0.533. The van der Waals surface area contributed by atoms with Gasteiger partial charge in [-0.2, -0.15) is 0 Å². The number of carboxylic acid groups (broad SMARTS) is 1. The van der Waals surface area contributed by atoms with Crippen LogP contribution >= 0.6 is 11.3 Å². The number of thiophene rings is 1. The van der Waals surface area contributed by atoms with Crippen molar-refractivity contribution in [3.05, 3.63) is 21.4 Å². The van der Waals surface area contributed by atoms with Crippen molar-refractivity contribution >= 4 is 29.0 Å². The molecule has 0 bridgehead atoms. The van der Waals surface area contributed by atoms with Gasteiger partial charge in [0.05, 0.1) is 5.92 Å². The third kappa shape index (κ3) is 3.91. The van der Waals surface area contributed by atoms with E-state index in [1.54, 1.807) is 11.3 Å². The van der Waals surface area contributed by atoms with Crippen LogP contribution < -0.4 is 5.32 Å². The second-order valence-electron chi connectivity index (χ2n) is 5.52. The molecule has 1 aromatic rings. The summed E-state index contributed by atoms with van der Waals surface area (Å²) in [7, 11) is 0. The highest BCUT2D eigenvalue weighted by atomic mass is 32.1. The van der Waals surface area contributed by atoms with Crippen LogP contribution in [0.2, 0.25) is 0 Å². The van der Waals surface area contributed by atoms with Gasteiger partial charge in [-0.25, -0.2) is 0 Å². The zero-order valence-corrected chi connectivity index (χ0v) is 13.0. The summed E-state index contributed by atoms with van der Waals surface area (Å²) in [4.78, 5) is 36.5. The number of amides is 1. The molecule has 114 valence electrons. The lowest BCUT2D eigenvalue weighted by molar-refractivity contribution is -0.146. The molecule has 1 aliphatic rings. The van der Waals surface area contributed by atoms with Crippen LogP contribution in [0.15, 0.2) is 6.07 Å². The van der Waals surface area contributed by atoms with Crippen molar-refractivity contribution in [1.82, 2.24) is 5.32 Å². The molecule has 1 heterocycles. The summed E-state index contributed by atoms with van der Waals surface area (Å²) >= 11 is 1.58. The molecular formula is C15H19NO4S. The number of rotatable bonds is 6. The molecule has 21 heavy (non-hydrogen) atoms. The summed E-state index contributed by atoms with van der Waals surface area (Å²) < 4.78 is 0. The van der Waals surface area contributed by atoms with Gasteiger partial charge in [0.2, 0.25) is 5.91 Å². The molecule has 0 saturated heterocycles. The van der Waals surface area contributed by atoms with Gasteiger partial charge in [-0.15, -0.1) is 11.3 Å². The quantitative estimate of drug-likeness (QED) is 0.790. The summed E-state index contributed by atoms with van der Waals surface area (Å²) in [5, 5.41) is 11.5. The summed E-state index contributed by atoms with van der Waals surface area (Å²) in [6.07, 6.45) is 1.31. The van der Waals surface area contributed by atoms with E-state index >= 15 is 0 Å². The summed E-state index contributed by atoms with van der Waals surface area (Å²) in [5.41, 5.74) is 0.708. The van der Waals surface area contributed by atoms with Gasteiger partial charge in [0.1, 0.15) is 0 Å². The van der Waals surface area contributed by atoms with Crippen LogP contribution in [0.25, 0.3) is 0 Å². The lowest BCUT2D eigenvalue weighted by atomic mass is 9.80. The van der Waals surface area contributed by atoms with Crippen molar-refractivity contribution in [3.8, 4) is 0 Å². The van der Waals surface area contributed by atoms with E-state index in [-0.39, 0.29) is 36.5 Å². The summed E-state index contributed by atoms with van der Waals surface area (Å²) in [6.45, 7) is 3.86. The van der Waals surface area contributed by atoms with Crippen molar-refractivity contribution in [1.29, 1.82) is 0 Å². The van der Waals surface area contributed by atoms with Crippen LogP contribution in [-0.2, 0) is 9.59 Å². The first-order valence-corrected chi connectivity index (χ1v) is 7.81. The van der Waals surface area contributed by atoms with Crippen LogP contribution in [0, 0.1) is 19.8 Å². The number of carbonyl (C=O) groups is 3. The molecule has 5 nitrogen and oxygen atoms in total. The maximum Gasteiger partial charge on any atom is 0.306 e. The Hall–Kier alpha value is -1.69. The molecule has 0 aliphatic heterocycles. The molecule has 1 aliphatic carbocycles. The van der Waals surface area contributed by atoms with E-state index in [1.165, 1.54) is 0 Å². The molecule has 0 unspecified atom stereocenters. The Bertz CT molecular complexity index is 572. The number of nitrogens with one attached hydrogen (secondary N) is 1. The molecule has 1 amide bonds. The van der Waals surface area contributed by atoms with E-state index in [9.17, 15) is 14.4 Å². The maximum atomic E-state index is 12.0. The Labute approximate surface area is 127 Å². The Kier molecular flexibility index (Phi) is 4.77. The smallest absolute Gasteiger partial charge is 0.306 e. The normalized spacial score (nSPS) is 20.7. The van der Waals surface area contributed by atoms with E-state index in [2.05, 4.69) is 5.32 Å². The standard InChI is InChI=1S/C15H19NO4S/c1-8-5-12(9(2)21-8)13(17)3-4-14(18)16-11-6-10(7-11)15(19)20/h5,10-11H,3-4,6-7H2,1-2H3,(H,16,18)(H,19,20). The predicted octanol–water partition coefficient (Wildman–Crippen LogP) is 2.31. The molecule has 1 aromatic heterocycles. The lowest BCUT2D eigenvalue weighted by Gasteiger charge is -2.32. The molecule has 0 atom stereocenters. The molecule has 0 aromatic carbocycles. The predicted molar refractivity (Wildman–Crippen MR) is 79.6 cm³/mol. The van der Waals surface area contributed by atoms with Crippen molar-refractivity contribution < 1.29 is 19.5 Å². The van der Waals surface area contributed by atoms with Gasteiger partial charge in [-0.3, -0.25) is 14.4 Å². The first-order chi connectivity index (χ1) is 9.86. The average Bonchev–Trinajstić information content (AvgIpc) is 2.69. The van der Waals surface area contributed by atoms with E-state index in [0.717, 1.165) is 9.75 Å². The van der Waals surface area contributed by atoms with Crippen LogP contribution in [-0.4, -0.2) is 28.8 Å². The SMILES string of the molecule is Cc1cc(C(=O)CCC(=O)NC2CC(C(=O)O)C2)c(C)s1. The third-order valence-electron chi connectivity index (χ3n) is 3.77. The molecule has 1 fully saturated rings. The minimum absolute atomic E-state index is 0.0102. The van der Waals surface area contributed by atoms with Crippen LogP contribution in [0.3, 0.4) is 0 Å². The highest BCUT2D eigenvalue weighted by molar-refractivity contribution is 7.12. The first kappa shape index (κ1) is 15.7. The number of hydrogen-bond acceptors (Lipinski definition) is 4. The van der Waals surface area contributed by atoms with E-state index in [4.69, 9.17) is 5.11 Å². The van der Waals surface area contributed by atoms with Crippen molar-refractivity contribution in [3.63, 3.8) is 0 Å². The highest BCUT2D eigenvalue weighted by Gasteiger charge is 2.35. The number of aliphatic carboxylic acids is 1. The second kappa shape index (κ2) is 6.39. The van der Waals surface area contributed by atoms with Crippen LogP contribution in [0.4, 0.5) is 0 Å². The van der Waals surface area contributed by atoms with Gasteiger partial charge in [0.25, 0.3) is 0 Å². The van der Waals surface area contributed by atoms with Gasteiger partial charge in [-0.05, 0) is 32.8 Å². The molecular weight excluding hydrogens is 290 g/mol. The molecule has 6 heteroatoms. The zero-order valence-electron chi connectivity index (χ0n) is 12.1. The molecule has 2 rings (SSSR count). The third-order valence-corrected chi connectivity index (χ3v) is 4.74. The minimum atomic E-state index is -0.807. The number of ketones is 1. The fourth-order valence-corrected chi connectivity index (χ4v) is 3.45. The number of aryl methyl sites for hydroxylation is 2. The van der Waals surface area contributed by atoms with E-state index < -0.39 is 5.97 Å². The summed E-state index contributed by atoms with van der Waals surface area (Å²) in [5.74, 6) is -1.34. The van der Waals surface area contributed by atoms with Gasteiger partial charge in [-0.1, -0.05) is 0 Å². The number of hydrogen-bond donors (Lipinski definition) is 2. The molecule has 1 saturated carbocycles. The Balaban J connectivity index is 1.73. The van der Waals surface area contributed by atoms with Crippen LogP contribution in [0.1, 0.15) is 45.8 Å². The highest BCUT2D eigenvalue weighted by Crippen LogP contribution is 2.27. The Morgan fingerprint density at radius 3 is 2.48 bits per heavy atom. The lowest BCUT2D eigenvalue weighted by Crippen LogP contribution is -2.46. The Morgan fingerprint density at radius 1 is 1.29 bits per heavy atom. The maximum absolute atomic E-state index is 12.0.